The zero-order valence-corrected chi connectivity index (χ0v) is 24.2. The van der Waals surface area contributed by atoms with Crippen molar-refractivity contribution in [2.75, 3.05) is 36.0 Å². The van der Waals surface area contributed by atoms with Crippen LogP contribution in [0.3, 0.4) is 0 Å². The molecule has 1 aliphatic rings. The second-order valence-electron chi connectivity index (χ2n) is 10.4. The Labute approximate surface area is 263 Å². The molecule has 4 aromatic carbocycles. The molecule has 0 atom stereocenters. The molecule has 15 heteroatoms. The quantitative estimate of drug-likeness (QED) is 0.109. The number of anilines is 2. The number of nitro groups is 1. The Kier molecular flexibility index (Phi) is 9.17. The first-order valence-electron chi connectivity index (χ1n) is 14.0. The SMILES string of the molecule is O=C(O)c1cccc(OCc2ccccc2Oc2cc(N3CCN(c4cccc(C(F)(F)F)c4)CC3)c([N+](=O)[O-])cc2C(F)(F)F)c1. The molecule has 1 heterocycles. The molecule has 1 fully saturated rings. The van der Waals surface area contributed by atoms with Gasteiger partial charge in [-0.05, 0) is 42.5 Å². The Hall–Kier alpha value is -5.47. The van der Waals surface area contributed by atoms with Crippen molar-refractivity contribution in [3.63, 3.8) is 0 Å². The van der Waals surface area contributed by atoms with E-state index in [1.165, 1.54) is 59.5 Å². The third kappa shape index (κ3) is 7.68. The van der Waals surface area contributed by atoms with Crippen molar-refractivity contribution in [2.45, 2.75) is 19.0 Å². The summed E-state index contributed by atoms with van der Waals surface area (Å²) in [4.78, 5) is 25.5. The third-order valence-electron chi connectivity index (χ3n) is 7.41. The van der Waals surface area contributed by atoms with Crippen LogP contribution in [-0.2, 0) is 19.0 Å². The lowest BCUT2D eigenvalue weighted by molar-refractivity contribution is -0.384. The number of hydrogen-bond acceptors (Lipinski definition) is 7. The summed E-state index contributed by atoms with van der Waals surface area (Å²) < 4.78 is 93.8. The molecular weight excluding hydrogens is 636 g/mol. The maximum Gasteiger partial charge on any atom is 0.420 e. The number of benzene rings is 4. The lowest BCUT2D eigenvalue weighted by atomic mass is 10.1. The number of piperazine rings is 1. The fourth-order valence-corrected chi connectivity index (χ4v) is 5.07. The minimum absolute atomic E-state index is 0.0316. The minimum Gasteiger partial charge on any atom is -0.489 e. The number of alkyl halides is 6. The predicted octanol–water partition coefficient (Wildman–Crippen LogP) is 8.03. The van der Waals surface area contributed by atoms with Gasteiger partial charge in [0.15, 0.2) is 0 Å². The summed E-state index contributed by atoms with van der Waals surface area (Å²) in [6.45, 7) is 0.180. The summed E-state index contributed by atoms with van der Waals surface area (Å²) >= 11 is 0. The first-order valence-corrected chi connectivity index (χ1v) is 14.0. The molecule has 0 saturated carbocycles. The second-order valence-corrected chi connectivity index (χ2v) is 10.4. The lowest BCUT2D eigenvalue weighted by Gasteiger charge is -2.37. The molecule has 0 aromatic heterocycles. The summed E-state index contributed by atoms with van der Waals surface area (Å²) in [5.74, 6) is -1.73. The largest absolute Gasteiger partial charge is 0.489 e. The van der Waals surface area contributed by atoms with Crippen molar-refractivity contribution in [2.24, 2.45) is 0 Å². The maximum atomic E-state index is 14.2. The predicted molar refractivity (Wildman–Crippen MR) is 158 cm³/mol. The van der Waals surface area contributed by atoms with Gasteiger partial charge in [0.2, 0.25) is 0 Å². The zero-order chi connectivity index (χ0) is 33.9. The highest BCUT2D eigenvalue weighted by molar-refractivity contribution is 5.88. The number of ether oxygens (including phenoxy) is 2. The molecule has 9 nitrogen and oxygen atoms in total. The van der Waals surface area contributed by atoms with Gasteiger partial charge in [-0.1, -0.05) is 30.3 Å². The Morgan fingerprint density at radius 1 is 0.809 bits per heavy atom. The van der Waals surface area contributed by atoms with E-state index < -0.39 is 45.8 Å². The summed E-state index contributed by atoms with van der Waals surface area (Å²) in [5.41, 5.74) is -2.63. The van der Waals surface area contributed by atoms with Crippen LogP contribution >= 0.6 is 0 Å². The summed E-state index contributed by atoms with van der Waals surface area (Å²) in [6, 6.07) is 17.7. The normalized spacial score (nSPS) is 13.7. The maximum absolute atomic E-state index is 14.2. The van der Waals surface area contributed by atoms with E-state index in [9.17, 15) is 46.4 Å². The molecule has 0 bridgehead atoms. The van der Waals surface area contributed by atoms with Crippen molar-refractivity contribution in [3.05, 3.63) is 117 Å². The van der Waals surface area contributed by atoms with Crippen LogP contribution in [0.4, 0.5) is 43.4 Å². The molecule has 0 radical (unpaired) electrons. The minimum atomic E-state index is -5.04. The van der Waals surface area contributed by atoms with Crippen LogP contribution in [0.25, 0.3) is 0 Å². The number of nitrogens with zero attached hydrogens (tertiary/aromatic N) is 3. The fraction of sp³-hybridized carbons (Fsp3) is 0.219. The molecule has 246 valence electrons. The molecule has 0 amide bonds. The molecule has 0 spiro atoms. The molecule has 47 heavy (non-hydrogen) atoms. The number of halogens is 6. The highest BCUT2D eigenvalue weighted by Gasteiger charge is 2.39. The Bertz CT molecular complexity index is 1790. The molecular formula is C32H25F6N3O6. The van der Waals surface area contributed by atoms with Crippen LogP contribution in [0.2, 0.25) is 0 Å². The van der Waals surface area contributed by atoms with Crippen LogP contribution in [0, 0.1) is 10.1 Å². The summed E-state index contributed by atoms with van der Waals surface area (Å²) in [5, 5.41) is 21.2. The first-order chi connectivity index (χ1) is 22.2. The Balaban J connectivity index is 1.43. The average molecular weight is 662 g/mol. The Morgan fingerprint density at radius 3 is 2.15 bits per heavy atom. The van der Waals surface area contributed by atoms with E-state index >= 15 is 0 Å². The van der Waals surface area contributed by atoms with Gasteiger partial charge in [-0.25, -0.2) is 4.79 Å². The van der Waals surface area contributed by atoms with Gasteiger partial charge in [-0.15, -0.1) is 0 Å². The zero-order valence-electron chi connectivity index (χ0n) is 24.2. The monoisotopic (exact) mass is 661 g/mol. The van der Waals surface area contributed by atoms with E-state index in [0.717, 1.165) is 18.2 Å². The molecule has 4 aromatic rings. The average Bonchev–Trinajstić information content (AvgIpc) is 3.03. The van der Waals surface area contributed by atoms with Gasteiger partial charge in [0.25, 0.3) is 5.69 Å². The first kappa shape index (κ1) is 32.9. The van der Waals surface area contributed by atoms with Gasteiger partial charge < -0.3 is 24.4 Å². The number of nitro benzene ring substituents is 1. The van der Waals surface area contributed by atoms with E-state index in [4.69, 9.17) is 9.47 Å². The van der Waals surface area contributed by atoms with Crippen molar-refractivity contribution in [1.29, 1.82) is 0 Å². The second kappa shape index (κ2) is 13.1. The van der Waals surface area contributed by atoms with Crippen LogP contribution in [0.1, 0.15) is 27.0 Å². The molecule has 1 saturated heterocycles. The van der Waals surface area contributed by atoms with Crippen molar-refractivity contribution < 1.29 is 50.6 Å². The number of carbonyl (C=O) groups is 1. The van der Waals surface area contributed by atoms with Crippen molar-refractivity contribution in [1.82, 2.24) is 0 Å². The number of aromatic carboxylic acids is 1. The van der Waals surface area contributed by atoms with Crippen LogP contribution in [0.5, 0.6) is 17.2 Å². The smallest absolute Gasteiger partial charge is 0.420 e. The van der Waals surface area contributed by atoms with Gasteiger partial charge >= 0.3 is 18.3 Å². The van der Waals surface area contributed by atoms with Gasteiger partial charge in [0, 0.05) is 49.6 Å². The number of para-hydroxylation sites is 1. The number of carboxylic acid groups (broad SMARTS) is 1. The van der Waals surface area contributed by atoms with Crippen LogP contribution in [0.15, 0.2) is 84.9 Å². The van der Waals surface area contributed by atoms with E-state index in [1.54, 1.807) is 11.0 Å². The highest BCUT2D eigenvalue weighted by Crippen LogP contribution is 2.45. The molecule has 1 aliphatic heterocycles. The molecule has 5 rings (SSSR count). The lowest BCUT2D eigenvalue weighted by Crippen LogP contribution is -2.46. The van der Waals surface area contributed by atoms with Crippen LogP contribution in [-0.4, -0.2) is 42.2 Å². The summed E-state index contributed by atoms with van der Waals surface area (Å²) in [7, 11) is 0. The van der Waals surface area contributed by atoms with Gasteiger partial charge in [-0.3, -0.25) is 10.1 Å². The topological polar surface area (TPSA) is 105 Å². The van der Waals surface area contributed by atoms with Gasteiger partial charge in [0.1, 0.15) is 35.1 Å². The fourth-order valence-electron chi connectivity index (χ4n) is 5.07. The Morgan fingerprint density at radius 2 is 1.49 bits per heavy atom. The molecule has 1 N–H and O–H groups in total. The van der Waals surface area contributed by atoms with E-state index in [1.807, 2.05) is 0 Å². The van der Waals surface area contributed by atoms with Crippen molar-refractivity contribution in [3.8, 4) is 17.2 Å². The van der Waals surface area contributed by atoms with E-state index in [2.05, 4.69) is 0 Å². The van der Waals surface area contributed by atoms with E-state index in [-0.39, 0.29) is 55.5 Å². The highest BCUT2D eigenvalue weighted by atomic mass is 19.4. The number of carboxylic acids is 1. The molecule has 0 unspecified atom stereocenters. The number of rotatable bonds is 9. The number of hydrogen-bond donors (Lipinski definition) is 1. The van der Waals surface area contributed by atoms with Crippen molar-refractivity contribution >= 4 is 23.0 Å². The van der Waals surface area contributed by atoms with E-state index in [0.29, 0.717) is 17.3 Å². The summed E-state index contributed by atoms with van der Waals surface area (Å²) in [6.07, 6.45) is -9.59. The third-order valence-corrected chi connectivity index (χ3v) is 7.41. The standard InChI is InChI=1S/C32H25F6N3O6/c33-31(34,35)22-7-4-8-23(16-22)39-11-13-40(14-12-39)26-18-29(25(32(36,37)38)17-27(26)41(44)45)47-28-10-2-1-5-21(28)19-46-24-9-3-6-20(15-24)30(42)43/h1-10,15-18H,11-14,19H2,(H,42,43). The van der Waals surface area contributed by atoms with Gasteiger partial charge in [-0.2, -0.15) is 26.3 Å². The molecule has 0 aliphatic carbocycles. The van der Waals surface area contributed by atoms with Gasteiger partial charge in [0.05, 0.1) is 16.1 Å². The van der Waals surface area contributed by atoms with Crippen LogP contribution < -0.4 is 19.3 Å².